The zero-order valence-corrected chi connectivity index (χ0v) is 13.7. The zero-order chi connectivity index (χ0) is 15.2. The number of hydrogen-bond acceptors (Lipinski definition) is 3. The van der Waals surface area contributed by atoms with Gasteiger partial charge in [0.2, 0.25) is 5.91 Å². The second-order valence-electron chi connectivity index (χ2n) is 6.91. The average molecular weight is 272 g/mol. The highest BCUT2D eigenvalue weighted by molar-refractivity contribution is 5.78. The SMILES string of the molecule is CC(C)CN(CC(C)C)C(=O)CN(C)C(C)(C)CO. The molecule has 0 aliphatic carbocycles. The number of aliphatic hydroxyl groups is 1. The molecule has 0 aromatic carbocycles. The van der Waals surface area contributed by atoms with Gasteiger partial charge in [0.05, 0.1) is 13.2 Å². The molecule has 4 heteroatoms. The van der Waals surface area contributed by atoms with Crippen LogP contribution >= 0.6 is 0 Å². The topological polar surface area (TPSA) is 43.8 Å². The average Bonchev–Trinajstić information content (AvgIpc) is 2.26. The molecule has 1 amide bonds. The minimum absolute atomic E-state index is 0.0468. The molecule has 0 atom stereocenters. The molecule has 0 radical (unpaired) electrons. The lowest BCUT2D eigenvalue weighted by atomic mass is 10.1. The lowest BCUT2D eigenvalue weighted by Gasteiger charge is -2.35. The van der Waals surface area contributed by atoms with E-state index in [0.29, 0.717) is 18.4 Å². The third kappa shape index (κ3) is 6.92. The molecule has 0 fully saturated rings. The normalized spacial score (nSPS) is 12.6. The van der Waals surface area contributed by atoms with Crippen LogP contribution in [0.25, 0.3) is 0 Å². The third-order valence-corrected chi connectivity index (χ3v) is 3.32. The predicted molar refractivity (Wildman–Crippen MR) is 80.1 cm³/mol. The van der Waals surface area contributed by atoms with Crippen molar-refractivity contribution >= 4 is 5.91 Å². The first-order valence-electron chi connectivity index (χ1n) is 7.20. The molecule has 19 heavy (non-hydrogen) atoms. The summed E-state index contributed by atoms with van der Waals surface area (Å²) in [6.07, 6.45) is 0. The van der Waals surface area contributed by atoms with Crippen molar-refractivity contribution in [3.63, 3.8) is 0 Å². The molecule has 0 heterocycles. The van der Waals surface area contributed by atoms with E-state index in [1.165, 1.54) is 0 Å². The van der Waals surface area contributed by atoms with E-state index in [1.807, 2.05) is 30.7 Å². The Morgan fingerprint density at radius 3 is 1.84 bits per heavy atom. The number of likely N-dealkylation sites (N-methyl/N-ethyl adjacent to an activating group) is 1. The van der Waals surface area contributed by atoms with E-state index >= 15 is 0 Å². The van der Waals surface area contributed by atoms with Crippen molar-refractivity contribution in [2.24, 2.45) is 11.8 Å². The molecule has 1 N–H and O–H groups in total. The molecule has 0 rings (SSSR count). The quantitative estimate of drug-likeness (QED) is 0.733. The van der Waals surface area contributed by atoms with Gasteiger partial charge in [-0.15, -0.1) is 0 Å². The monoisotopic (exact) mass is 272 g/mol. The molecule has 0 unspecified atom stereocenters. The first-order valence-corrected chi connectivity index (χ1v) is 7.20. The van der Waals surface area contributed by atoms with Gasteiger partial charge in [0.15, 0.2) is 0 Å². The minimum Gasteiger partial charge on any atom is -0.394 e. The Balaban J connectivity index is 4.63. The van der Waals surface area contributed by atoms with E-state index in [2.05, 4.69) is 27.7 Å². The Bertz CT molecular complexity index is 265. The Kier molecular flexibility index (Phi) is 7.60. The van der Waals surface area contributed by atoms with Crippen molar-refractivity contribution in [1.82, 2.24) is 9.80 Å². The van der Waals surface area contributed by atoms with Gasteiger partial charge in [-0.2, -0.15) is 0 Å². The van der Waals surface area contributed by atoms with Crippen LogP contribution in [0.1, 0.15) is 41.5 Å². The van der Waals surface area contributed by atoms with Gasteiger partial charge in [0.1, 0.15) is 0 Å². The summed E-state index contributed by atoms with van der Waals surface area (Å²) in [5.41, 5.74) is -0.364. The van der Waals surface area contributed by atoms with Crippen LogP contribution in [0.4, 0.5) is 0 Å². The number of carbonyl (C=O) groups is 1. The lowest BCUT2D eigenvalue weighted by molar-refractivity contribution is -0.134. The molecule has 0 aromatic rings. The molecule has 0 spiro atoms. The molecule has 0 bridgehead atoms. The highest BCUT2D eigenvalue weighted by Gasteiger charge is 2.26. The van der Waals surface area contributed by atoms with Crippen molar-refractivity contribution in [2.75, 3.05) is 33.3 Å². The maximum absolute atomic E-state index is 12.4. The first-order chi connectivity index (χ1) is 8.60. The summed E-state index contributed by atoms with van der Waals surface area (Å²) in [7, 11) is 1.89. The second-order valence-corrected chi connectivity index (χ2v) is 6.91. The molecular weight excluding hydrogens is 240 g/mol. The van der Waals surface area contributed by atoms with Gasteiger partial charge in [-0.3, -0.25) is 9.69 Å². The van der Waals surface area contributed by atoms with Crippen LogP contribution in [0, 0.1) is 11.8 Å². The van der Waals surface area contributed by atoms with Crippen molar-refractivity contribution < 1.29 is 9.90 Å². The smallest absolute Gasteiger partial charge is 0.236 e. The van der Waals surface area contributed by atoms with Gasteiger partial charge in [-0.25, -0.2) is 0 Å². The molecular formula is C15H32N2O2. The fraction of sp³-hybridized carbons (Fsp3) is 0.933. The summed E-state index contributed by atoms with van der Waals surface area (Å²) in [6.45, 7) is 14.4. The maximum Gasteiger partial charge on any atom is 0.236 e. The number of nitrogens with zero attached hydrogens (tertiary/aromatic N) is 2. The van der Waals surface area contributed by atoms with Gasteiger partial charge in [0.25, 0.3) is 0 Å². The summed E-state index contributed by atoms with van der Waals surface area (Å²) in [4.78, 5) is 16.3. The number of rotatable bonds is 8. The van der Waals surface area contributed by atoms with Crippen molar-refractivity contribution in [2.45, 2.75) is 47.1 Å². The van der Waals surface area contributed by atoms with Crippen LogP contribution in [0.3, 0.4) is 0 Å². The van der Waals surface area contributed by atoms with Gasteiger partial charge in [-0.05, 0) is 32.7 Å². The van der Waals surface area contributed by atoms with Gasteiger partial charge < -0.3 is 10.0 Å². The summed E-state index contributed by atoms with van der Waals surface area (Å²) >= 11 is 0. The van der Waals surface area contributed by atoms with E-state index in [9.17, 15) is 9.90 Å². The molecule has 0 saturated carbocycles. The van der Waals surface area contributed by atoms with Crippen LogP contribution in [0.15, 0.2) is 0 Å². The molecule has 4 nitrogen and oxygen atoms in total. The van der Waals surface area contributed by atoms with E-state index in [4.69, 9.17) is 0 Å². The van der Waals surface area contributed by atoms with Crippen LogP contribution in [0.5, 0.6) is 0 Å². The second kappa shape index (κ2) is 7.85. The van der Waals surface area contributed by atoms with Gasteiger partial charge >= 0.3 is 0 Å². The van der Waals surface area contributed by atoms with Gasteiger partial charge in [-0.1, -0.05) is 27.7 Å². The fourth-order valence-corrected chi connectivity index (χ4v) is 1.80. The summed E-state index contributed by atoms with van der Waals surface area (Å²) in [5.74, 6) is 1.09. The number of carbonyl (C=O) groups excluding carboxylic acids is 1. The maximum atomic E-state index is 12.4. The zero-order valence-electron chi connectivity index (χ0n) is 13.7. The Hall–Kier alpha value is -0.610. The van der Waals surface area contributed by atoms with E-state index in [1.54, 1.807) is 0 Å². The van der Waals surface area contributed by atoms with Crippen LogP contribution in [0.2, 0.25) is 0 Å². The highest BCUT2D eigenvalue weighted by Crippen LogP contribution is 2.12. The van der Waals surface area contributed by atoms with Crippen molar-refractivity contribution in [1.29, 1.82) is 0 Å². The molecule has 0 aromatic heterocycles. The lowest BCUT2D eigenvalue weighted by Crippen LogP contribution is -2.50. The van der Waals surface area contributed by atoms with E-state index < -0.39 is 0 Å². The minimum atomic E-state index is -0.364. The number of aliphatic hydroxyl groups excluding tert-OH is 1. The molecule has 0 saturated heterocycles. The van der Waals surface area contributed by atoms with Crippen LogP contribution < -0.4 is 0 Å². The molecule has 0 aliphatic heterocycles. The van der Waals surface area contributed by atoms with E-state index in [-0.39, 0.29) is 18.1 Å². The first kappa shape index (κ1) is 18.4. The molecule has 0 aliphatic rings. The van der Waals surface area contributed by atoms with Crippen LogP contribution in [-0.2, 0) is 4.79 Å². The highest BCUT2D eigenvalue weighted by atomic mass is 16.3. The number of hydrogen-bond donors (Lipinski definition) is 1. The predicted octanol–water partition coefficient (Wildman–Crippen LogP) is 1.83. The summed E-state index contributed by atoms with van der Waals surface area (Å²) in [5, 5.41) is 9.34. The summed E-state index contributed by atoms with van der Waals surface area (Å²) in [6, 6.07) is 0. The largest absolute Gasteiger partial charge is 0.394 e. The van der Waals surface area contributed by atoms with Crippen molar-refractivity contribution in [3.05, 3.63) is 0 Å². The summed E-state index contributed by atoms with van der Waals surface area (Å²) < 4.78 is 0. The molecule has 114 valence electrons. The van der Waals surface area contributed by atoms with E-state index in [0.717, 1.165) is 13.1 Å². The Morgan fingerprint density at radius 1 is 1.11 bits per heavy atom. The van der Waals surface area contributed by atoms with Crippen molar-refractivity contribution in [3.8, 4) is 0 Å². The fourth-order valence-electron chi connectivity index (χ4n) is 1.80. The van der Waals surface area contributed by atoms with Crippen LogP contribution in [-0.4, -0.2) is 59.6 Å². The number of amides is 1. The third-order valence-electron chi connectivity index (χ3n) is 3.32. The standard InChI is InChI=1S/C15H32N2O2/c1-12(2)8-17(9-13(3)4)14(19)10-16(7)15(5,6)11-18/h12-13,18H,8-11H2,1-7H3. The Morgan fingerprint density at radius 2 is 1.53 bits per heavy atom. The Labute approximate surface area is 118 Å². The van der Waals surface area contributed by atoms with Gasteiger partial charge in [0, 0.05) is 18.6 Å².